The first-order chi connectivity index (χ1) is 9.28. The van der Waals surface area contributed by atoms with Gasteiger partial charge in [-0.25, -0.2) is 9.97 Å². The van der Waals surface area contributed by atoms with E-state index in [4.69, 9.17) is 4.98 Å². The van der Waals surface area contributed by atoms with Crippen LogP contribution in [0.2, 0.25) is 0 Å². The van der Waals surface area contributed by atoms with Crippen molar-refractivity contribution in [1.29, 1.82) is 0 Å². The van der Waals surface area contributed by atoms with E-state index in [2.05, 4.69) is 27.4 Å². The van der Waals surface area contributed by atoms with Gasteiger partial charge >= 0.3 is 0 Å². The molecule has 1 fully saturated rings. The molecule has 1 aromatic carbocycles. The number of benzene rings is 1. The van der Waals surface area contributed by atoms with Gasteiger partial charge in [-0.3, -0.25) is 0 Å². The third-order valence-corrected chi connectivity index (χ3v) is 3.46. The Labute approximate surface area is 113 Å². The van der Waals surface area contributed by atoms with Crippen molar-refractivity contribution in [3.63, 3.8) is 0 Å². The van der Waals surface area contributed by atoms with E-state index in [0.29, 0.717) is 6.04 Å². The van der Waals surface area contributed by atoms with Crippen LogP contribution in [-0.2, 0) is 0 Å². The predicted octanol–water partition coefficient (Wildman–Crippen LogP) is 1.47. The molecule has 1 saturated heterocycles. The fraction of sp³-hybridized carbons (Fsp3) is 0.429. The summed E-state index contributed by atoms with van der Waals surface area (Å²) in [5.74, 6) is 1.81. The average Bonchev–Trinajstić information content (AvgIpc) is 2.46. The molecular formula is C14H19N5. The third kappa shape index (κ3) is 2.33. The Hall–Kier alpha value is -1.88. The number of nitrogens with zero attached hydrogens (tertiary/aromatic N) is 3. The molecule has 5 nitrogen and oxygen atoms in total. The maximum absolute atomic E-state index is 4.78. The van der Waals surface area contributed by atoms with Crippen molar-refractivity contribution in [2.75, 3.05) is 36.9 Å². The van der Waals surface area contributed by atoms with Crippen LogP contribution in [-0.4, -0.2) is 42.7 Å². The van der Waals surface area contributed by atoms with E-state index in [1.807, 2.05) is 31.3 Å². The summed E-state index contributed by atoms with van der Waals surface area (Å²) >= 11 is 0. The molecule has 1 aliphatic rings. The Bertz CT molecular complexity index is 583. The number of fused-ring (bicyclic) bond motifs is 1. The highest BCUT2D eigenvalue weighted by molar-refractivity contribution is 5.80. The molecule has 1 aromatic heterocycles. The second-order valence-electron chi connectivity index (χ2n) is 4.94. The number of rotatable bonds is 2. The first-order valence-electron chi connectivity index (χ1n) is 6.71. The lowest BCUT2D eigenvalue weighted by Gasteiger charge is -2.33. The number of anilines is 2. The van der Waals surface area contributed by atoms with Crippen LogP contribution in [0.5, 0.6) is 0 Å². The predicted molar refractivity (Wildman–Crippen MR) is 78.8 cm³/mol. The lowest BCUT2D eigenvalue weighted by atomic mass is 10.2. The lowest BCUT2D eigenvalue weighted by Crippen LogP contribution is -2.49. The van der Waals surface area contributed by atoms with Gasteiger partial charge in [0.2, 0.25) is 0 Å². The molecule has 100 valence electrons. The van der Waals surface area contributed by atoms with Crippen molar-refractivity contribution in [2.24, 2.45) is 0 Å². The van der Waals surface area contributed by atoms with E-state index >= 15 is 0 Å². The van der Waals surface area contributed by atoms with Gasteiger partial charge in [-0.2, -0.15) is 0 Å². The van der Waals surface area contributed by atoms with Crippen LogP contribution < -0.4 is 15.5 Å². The van der Waals surface area contributed by atoms with Gasteiger partial charge in [0, 0.05) is 32.7 Å². The highest BCUT2D eigenvalue weighted by atomic mass is 15.3. The molecular weight excluding hydrogens is 238 g/mol. The Kier molecular flexibility index (Phi) is 3.21. The minimum Gasteiger partial charge on any atom is -0.370 e. The third-order valence-electron chi connectivity index (χ3n) is 3.46. The van der Waals surface area contributed by atoms with Gasteiger partial charge in [-0.05, 0) is 19.1 Å². The van der Waals surface area contributed by atoms with Crippen molar-refractivity contribution in [3.8, 4) is 0 Å². The zero-order valence-corrected chi connectivity index (χ0v) is 11.3. The molecule has 2 N–H and O–H groups in total. The van der Waals surface area contributed by atoms with E-state index in [9.17, 15) is 0 Å². The molecule has 1 atom stereocenters. The molecule has 1 aliphatic heterocycles. The van der Waals surface area contributed by atoms with Crippen molar-refractivity contribution in [2.45, 2.75) is 13.0 Å². The van der Waals surface area contributed by atoms with Crippen LogP contribution in [0.1, 0.15) is 6.92 Å². The van der Waals surface area contributed by atoms with Crippen LogP contribution in [0.25, 0.3) is 11.0 Å². The molecule has 19 heavy (non-hydrogen) atoms. The number of aromatic nitrogens is 2. The highest BCUT2D eigenvalue weighted by Crippen LogP contribution is 2.25. The second-order valence-corrected chi connectivity index (χ2v) is 4.94. The van der Waals surface area contributed by atoms with Gasteiger partial charge in [0.25, 0.3) is 0 Å². The second kappa shape index (κ2) is 5.01. The van der Waals surface area contributed by atoms with Gasteiger partial charge in [0.1, 0.15) is 0 Å². The maximum Gasteiger partial charge on any atom is 0.172 e. The molecule has 2 heterocycles. The zero-order valence-electron chi connectivity index (χ0n) is 11.3. The van der Waals surface area contributed by atoms with Crippen LogP contribution in [0.15, 0.2) is 24.3 Å². The molecule has 0 spiro atoms. The first kappa shape index (κ1) is 12.2. The van der Waals surface area contributed by atoms with Crippen LogP contribution in [0.3, 0.4) is 0 Å². The normalized spacial score (nSPS) is 19.7. The van der Waals surface area contributed by atoms with E-state index in [1.165, 1.54) is 0 Å². The van der Waals surface area contributed by atoms with Crippen LogP contribution >= 0.6 is 0 Å². The highest BCUT2D eigenvalue weighted by Gasteiger charge is 2.20. The smallest absolute Gasteiger partial charge is 0.172 e. The minimum atomic E-state index is 0.478. The fourth-order valence-electron chi connectivity index (χ4n) is 2.50. The number of para-hydroxylation sites is 2. The minimum absolute atomic E-state index is 0.478. The average molecular weight is 257 g/mol. The number of hydrogen-bond acceptors (Lipinski definition) is 5. The van der Waals surface area contributed by atoms with E-state index < -0.39 is 0 Å². The van der Waals surface area contributed by atoms with Gasteiger partial charge in [0.15, 0.2) is 11.6 Å². The van der Waals surface area contributed by atoms with Crippen LogP contribution in [0, 0.1) is 0 Å². The Morgan fingerprint density at radius 3 is 2.68 bits per heavy atom. The molecule has 0 aliphatic carbocycles. The van der Waals surface area contributed by atoms with E-state index in [1.54, 1.807) is 0 Å². The largest absolute Gasteiger partial charge is 0.370 e. The fourth-order valence-corrected chi connectivity index (χ4v) is 2.50. The first-order valence-corrected chi connectivity index (χ1v) is 6.71. The summed E-state index contributed by atoms with van der Waals surface area (Å²) in [6.07, 6.45) is 0. The molecule has 0 amide bonds. The SMILES string of the molecule is CNc1nc2ccccc2nc1N1CCN[C@@H](C)C1. The molecule has 0 unspecified atom stereocenters. The molecule has 0 bridgehead atoms. The Morgan fingerprint density at radius 2 is 2.00 bits per heavy atom. The zero-order chi connectivity index (χ0) is 13.2. The summed E-state index contributed by atoms with van der Waals surface area (Å²) in [5, 5.41) is 6.61. The summed E-state index contributed by atoms with van der Waals surface area (Å²) in [6, 6.07) is 8.47. The van der Waals surface area contributed by atoms with Gasteiger partial charge < -0.3 is 15.5 Å². The molecule has 0 radical (unpaired) electrons. The van der Waals surface area contributed by atoms with Crippen molar-refractivity contribution in [3.05, 3.63) is 24.3 Å². The van der Waals surface area contributed by atoms with Crippen LogP contribution in [0.4, 0.5) is 11.6 Å². The summed E-state index contributed by atoms with van der Waals surface area (Å²) in [4.78, 5) is 11.7. The standard InChI is InChI=1S/C14H19N5/c1-10-9-19(8-7-16-10)14-13(15-2)17-11-5-3-4-6-12(11)18-14/h3-6,10,16H,7-9H2,1-2H3,(H,15,17)/t10-/m0/s1. The topological polar surface area (TPSA) is 53.1 Å². The monoisotopic (exact) mass is 257 g/mol. The quantitative estimate of drug-likeness (QED) is 0.853. The van der Waals surface area contributed by atoms with Gasteiger partial charge in [-0.1, -0.05) is 12.1 Å². The van der Waals surface area contributed by atoms with Gasteiger partial charge in [-0.15, -0.1) is 0 Å². The summed E-state index contributed by atoms with van der Waals surface area (Å²) in [7, 11) is 1.90. The summed E-state index contributed by atoms with van der Waals surface area (Å²) < 4.78 is 0. The number of piperazine rings is 1. The number of nitrogens with one attached hydrogen (secondary N) is 2. The van der Waals surface area contributed by atoms with Crippen molar-refractivity contribution >= 4 is 22.7 Å². The summed E-state index contributed by atoms with van der Waals surface area (Å²) in [5.41, 5.74) is 1.88. The van der Waals surface area contributed by atoms with Crippen molar-refractivity contribution in [1.82, 2.24) is 15.3 Å². The summed E-state index contributed by atoms with van der Waals surface area (Å²) in [6.45, 7) is 5.10. The van der Waals surface area contributed by atoms with E-state index in [-0.39, 0.29) is 0 Å². The molecule has 2 aromatic rings. The van der Waals surface area contributed by atoms with E-state index in [0.717, 1.165) is 42.3 Å². The Balaban J connectivity index is 2.05. The molecule has 3 rings (SSSR count). The molecule has 5 heteroatoms. The molecule has 0 saturated carbocycles. The maximum atomic E-state index is 4.78. The van der Waals surface area contributed by atoms with Crippen molar-refractivity contribution < 1.29 is 0 Å². The van der Waals surface area contributed by atoms with Gasteiger partial charge in [0.05, 0.1) is 11.0 Å². The number of hydrogen-bond donors (Lipinski definition) is 2. The Morgan fingerprint density at radius 1 is 1.26 bits per heavy atom. The lowest BCUT2D eigenvalue weighted by molar-refractivity contribution is 0.482.